The zero-order chi connectivity index (χ0) is 14.7. The van der Waals surface area contributed by atoms with Crippen LogP contribution >= 0.6 is 11.8 Å². The van der Waals surface area contributed by atoms with Crippen molar-refractivity contribution in [2.24, 2.45) is 0 Å². The smallest absolute Gasteiger partial charge is 0.335 e. The third kappa shape index (κ3) is 2.60. The normalized spacial score (nSPS) is 13.5. The van der Waals surface area contributed by atoms with Gasteiger partial charge in [-0.05, 0) is 18.2 Å². The van der Waals surface area contributed by atoms with Gasteiger partial charge in [-0.3, -0.25) is 14.5 Å². The number of hydrogen-bond donors (Lipinski definition) is 1. The molecule has 5 nitrogen and oxygen atoms in total. The lowest BCUT2D eigenvalue weighted by Gasteiger charge is -2.12. The molecular formula is C14H13NO4S. The van der Waals surface area contributed by atoms with Crippen LogP contribution in [0, 0.1) is 0 Å². The first-order valence-electron chi connectivity index (χ1n) is 5.98. The minimum Gasteiger partial charge on any atom is -0.478 e. The molecule has 0 aliphatic carbocycles. The van der Waals surface area contributed by atoms with Gasteiger partial charge in [-0.2, -0.15) is 11.8 Å². The Morgan fingerprint density at radius 1 is 1.30 bits per heavy atom. The molecular weight excluding hydrogens is 278 g/mol. The van der Waals surface area contributed by atoms with Gasteiger partial charge in [0.05, 0.1) is 16.7 Å². The number of imide groups is 1. The maximum atomic E-state index is 12.1. The number of rotatable bonds is 6. The molecule has 2 amide bonds. The second-order valence-corrected chi connectivity index (χ2v) is 5.34. The Hall–Kier alpha value is -2.08. The summed E-state index contributed by atoms with van der Waals surface area (Å²) in [5.74, 6) is -0.517. The summed E-state index contributed by atoms with van der Waals surface area (Å²) >= 11 is 1.57. The van der Waals surface area contributed by atoms with E-state index in [-0.39, 0.29) is 22.6 Å². The Balaban J connectivity index is 2.17. The average molecular weight is 291 g/mol. The topological polar surface area (TPSA) is 74.7 Å². The monoisotopic (exact) mass is 291 g/mol. The lowest BCUT2D eigenvalue weighted by molar-refractivity contribution is 0.0662. The number of benzene rings is 1. The Bertz CT molecular complexity index is 597. The van der Waals surface area contributed by atoms with Crippen LogP contribution in [0.2, 0.25) is 0 Å². The van der Waals surface area contributed by atoms with Gasteiger partial charge in [0, 0.05) is 18.1 Å². The van der Waals surface area contributed by atoms with E-state index in [1.54, 1.807) is 17.8 Å². The number of amides is 2. The first-order valence-corrected chi connectivity index (χ1v) is 7.14. The van der Waals surface area contributed by atoms with Gasteiger partial charge in [0.15, 0.2) is 0 Å². The standard InChI is InChI=1S/C14H13NO4S/c1-2-6-20-7-5-15-12(16)10-4-3-9(14(18)19)8-11(10)13(15)17/h2-4,8H,1,5-7H2,(H,18,19). The summed E-state index contributed by atoms with van der Waals surface area (Å²) in [7, 11) is 0. The molecule has 1 aliphatic heterocycles. The molecule has 1 aromatic rings. The fourth-order valence-corrected chi connectivity index (χ4v) is 2.59. The lowest BCUT2D eigenvalue weighted by Crippen LogP contribution is -2.31. The zero-order valence-corrected chi connectivity index (χ0v) is 11.5. The van der Waals surface area contributed by atoms with E-state index >= 15 is 0 Å². The van der Waals surface area contributed by atoms with Gasteiger partial charge < -0.3 is 5.11 Å². The summed E-state index contributed by atoms with van der Waals surface area (Å²) in [6, 6.07) is 3.99. The van der Waals surface area contributed by atoms with Crippen LogP contribution in [0.1, 0.15) is 31.1 Å². The minimum atomic E-state index is -1.12. The molecule has 0 fully saturated rings. The third-order valence-electron chi connectivity index (χ3n) is 2.91. The Labute approximate surface area is 120 Å². The molecule has 0 bridgehead atoms. The number of hydrogen-bond acceptors (Lipinski definition) is 4. The Morgan fingerprint density at radius 3 is 2.65 bits per heavy atom. The summed E-state index contributed by atoms with van der Waals surface area (Å²) in [6.45, 7) is 3.91. The van der Waals surface area contributed by atoms with E-state index in [2.05, 4.69) is 6.58 Å². The molecule has 6 heteroatoms. The van der Waals surface area contributed by atoms with E-state index in [0.717, 1.165) is 10.7 Å². The zero-order valence-electron chi connectivity index (χ0n) is 10.7. The molecule has 0 saturated carbocycles. The SMILES string of the molecule is C=CCSCCN1C(=O)c2ccc(C(=O)O)cc2C1=O. The highest BCUT2D eigenvalue weighted by Crippen LogP contribution is 2.24. The van der Waals surface area contributed by atoms with E-state index in [4.69, 9.17) is 5.11 Å². The summed E-state index contributed by atoms with van der Waals surface area (Å²) in [4.78, 5) is 36.3. The predicted molar refractivity (Wildman–Crippen MR) is 76.3 cm³/mol. The van der Waals surface area contributed by atoms with E-state index in [9.17, 15) is 14.4 Å². The summed E-state index contributed by atoms with van der Waals surface area (Å²) in [6.07, 6.45) is 1.76. The molecule has 20 heavy (non-hydrogen) atoms. The fraction of sp³-hybridized carbons (Fsp3) is 0.214. The number of carboxylic acid groups (broad SMARTS) is 1. The van der Waals surface area contributed by atoms with Crippen molar-refractivity contribution in [1.82, 2.24) is 4.90 Å². The highest BCUT2D eigenvalue weighted by atomic mass is 32.2. The first-order chi connectivity index (χ1) is 9.56. The van der Waals surface area contributed by atoms with Crippen molar-refractivity contribution in [3.8, 4) is 0 Å². The maximum absolute atomic E-state index is 12.1. The predicted octanol–water partition coefficient (Wildman–Crippen LogP) is 1.90. The number of carboxylic acids is 1. The van der Waals surface area contributed by atoms with Gasteiger partial charge >= 0.3 is 5.97 Å². The fourth-order valence-electron chi connectivity index (χ4n) is 1.95. The van der Waals surface area contributed by atoms with E-state index < -0.39 is 11.9 Å². The van der Waals surface area contributed by atoms with Crippen molar-refractivity contribution in [2.45, 2.75) is 0 Å². The van der Waals surface area contributed by atoms with Crippen molar-refractivity contribution in [3.63, 3.8) is 0 Å². The van der Waals surface area contributed by atoms with Gasteiger partial charge in [-0.15, -0.1) is 6.58 Å². The van der Waals surface area contributed by atoms with Gasteiger partial charge in [-0.25, -0.2) is 4.79 Å². The van der Waals surface area contributed by atoms with Gasteiger partial charge in [0.1, 0.15) is 0 Å². The number of nitrogens with zero attached hydrogens (tertiary/aromatic N) is 1. The van der Waals surface area contributed by atoms with Crippen LogP contribution in [-0.2, 0) is 0 Å². The number of thioether (sulfide) groups is 1. The van der Waals surface area contributed by atoms with Gasteiger partial charge in [-0.1, -0.05) is 6.08 Å². The van der Waals surface area contributed by atoms with Gasteiger partial charge in [0.25, 0.3) is 11.8 Å². The minimum absolute atomic E-state index is 0.00721. The highest BCUT2D eigenvalue weighted by molar-refractivity contribution is 7.99. The quantitative estimate of drug-likeness (QED) is 0.492. The Morgan fingerprint density at radius 2 is 2.00 bits per heavy atom. The first kappa shape index (κ1) is 14.3. The summed E-state index contributed by atoms with van der Waals surface area (Å²) in [5, 5.41) is 8.91. The number of carbonyl (C=O) groups excluding carboxylic acids is 2. The Kier molecular flexibility index (Phi) is 4.24. The summed E-state index contributed by atoms with van der Waals surface area (Å²) < 4.78 is 0. The van der Waals surface area contributed by atoms with Crippen LogP contribution in [-0.4, -0.2) is 45.8 Å². The van der Waals surface area contributed by atoms with Crippen molar-refractivity contribution in [1.29, 1.82) is 0 Å². The van der Waals surface area contributed by atoms with Crippen molar-refractivity contribution in [3.05, 3.63) is 47.5 Å². The third-order valence-corrected chi connectivity index (χ3v) is 3.86. The molecule has 0 atom stereocenters. The molecule has 0 aromatic heterocycles. The summed E-state index contributed by atoms with van der Waals surface area (Å²) in [5.41, 5.74) is 0.449. The largest absolute Gasteiger partial charge is 0.478 e. The van der Waals surface area contributed by atoms with Crippen molar-refractivity contribution in [2.75, 3.05) is 18.1 Å². The molecule has 1 aromatic carbocycles. The van der Waals surface area contributed by atoms with Crippen LogP contribution in [0.3, 0.4) is 0 Å². The molecule has 1 N–H and O–H groups in total. The van der Waals surface area contributed by atoms with E-state index in [1.165, 1.54) is 18.2 Å². The second kappa shape index (κ2) is 5.92. The van der Waals surface area contributed by atoms with Crippen LogP contribution in [0.4, 0.5) is 0 Å². The molecule has 2 rings (SSSR count). The van der Waals surface area contributed by atoms with Gasteiger partial charge in [0.2, 0.25) is 0 Å². The van der Waals surface area contributed by atoms with Crippen molar-refractivity contribution < 1.29 is 19.5 Å². The van der Waals surface area contributed by atoms with Crippen LogP contribution in [0.15, 0.2) is 30.9 Å². The second-order valence-electron chi connectivity index (χ2n) is 4.19. The van der Waals surface area contributed by atoms with Crippen LogP contribution in [0.5, 0.6) is 0 Å². The molecule has 0 saturated heterocycles. The molecule has 0 unspecified atom stereocenters. The van der Waals surface area contributed by atoms with E-state index in [1.807, 2.05) is 0 Å². The van der Waals surface area contributed by atoms with Crippen LogP contribution in [0.25, 0.3) is 0 Å². The molecule has 1 heterocycles. The molecule has 0 radical (unpaired) electrons. The molecule has 104 valence electrons. The number of carbonyl (C=O) groups is 3. The molecule has 0 spiro atoms. The average Bonchev–Trinajstić information content (AvgIpc) is 2.67. The number of fused-ring (bicyclic) bond motifs is 1. The molecule has 1 aliphatic rings. The lowest BCUT2D eigenvalue weighted by atomic mass is 10.1. The van der Waals surface area contributed by atoms with Crippen LogP contribution < -0.4 is 0 Å². The van der Waals surface area contributed by atoms with E-state index in [0.29, 0.717) is 12.3 Å². The highest BCUT2D eigenvalue weighted by Gasteiger charge is 2.35. The number of aromatic carboxylic acids is 1. The van der Waals surface area contributed by atoms with Crippen molar-refractivity contribution >= 4 is 29.5 Å². The maximum Gasteiger partial charge on any atom is 0.335 e.